The summed E-state index contributed by atoms with van der Waals surface area (Å²) >= 11 is 0. The molecule has 7 heteroatoms. The summed E-state index contributed by atoms with van der Waals surface area (Å²) in [6.45, 7) is 5.69. The van der Waals surface area contributed by atoms with Gasteiger partial charge in [-0.2, -0.15) is 0 Å². The fraction of sp³-hybridized carbons (Fsp3) is 0.633. The Bertz CT molecular complexity index is 936. The molecule has 0 bridgehead atoms. The van der Waals surface area contributed by atoms with Crippen molar-refractivity contribution in [3.63, 3.8) is 0 Å². The number of pyridine rings is 1. The molecule has 1 saturated heterocycles. The van der Waals surface area contributed by atoms with Crippen LogP contribution in [-0.2, 0) is 12.8 Å². The molecule has 0 radical (unpaired) electrons. The lowest BCUT2D eigenvalue weighted by molar-refractivity contribution is 0.251. The molecule has 2 aromatic rings. The number of nitrogens with zero attached hydrogens (tertiary/aromatic N) is 3. The minimum Gasteiger partial charge on any atom is -0.492 e. The molecular weight excluding hydrogens is 466 g/mol. The molecule has 1 aliphatic carbocycles. The van der Waals surface area contributed by atoms with E-state index in [-0.39, 0.29) is 0 Å². The van der Waals surface area contributed by atoms with E-state index in [1.807, 2.05) is 12.3 Å². The van der Waals surface area contributed by atoms with Crippen LogP contribution in [0.25, 0.3) is 0 Å². The number of benzene rings is 1. The number of unbranched alkanes of at least 4 members (excludes halogenated alkanes) is 5. The van der Waals surface area contributed by atoms with Crippen molar-refractivity contribution in [3.8, 4) is 23.0 Å². The average molecular weight is 512 g/mol. The van der Waals surface area contributed by atoms with Gasteiger partial charge < -0.3 is 23.8 Å². The molecule has 1 aromatic heterocycles. The lowest BCUT2D eigenvalue weighted by Crippen LogP contribution is -2.46. The van der Waals surface area contributed by atoms with E-state index in [1.54, 1.807) is 28.4 Å². The van der Waals surface area contributed by atoms with Crippen molar-refractivity contribution in [1.82, 2.24) is 9.88 Å². The van der Waals surface area contributed by atoms with E-state index in [2.05, 4.69) is 26.9 Å². The van der Waals surface area contributed by atoms with E-state index in [0.29, 0.717) is 17.4 Å². The van der Waals surface area contributed by atoms with Crippen LogP contribution in [0.3, 0.4) is 0 Å². The van der Waals surface area contributed by atoms with Gasteiger partial charge in [-0.3, -0.25) is 4.90 Å². The monoisotopic (exact) mass is 511 g/mol. The molecule has 1 aliphatic heterocycles. The van der Waals surface area contributed by atoms with Crippen LogP contribution in [0.4, 0.5) is 5.82 Å². The number of ether oxygens (including phenoxy) is 4. The molecule has 0 unspecified atom stereocenters. The Hall–Kier alpha value is -2.67. The molecule has 0 saturated carbocycles. The molecule has 2 heterocycles. The lowest BCUT2D eigenvalue weighted by Gasteiger charge is -2.35. The summed E-state index contributed by atoms with van der Waals surface area (Å²) in [5, 5.41) is 0. The second-order valence-electron chi connectivity index (χ2n) is 10.3. The van der Waals surface area contributed by atoms with Crippen molar-refractivity contribution in [2.45, 2.75) is 57.8 Å². The quantitative estimate of drug-likeness (QED) is 0.316. The van der Waals surface area contributed by atoms with Crippen molar-refractivity contribution in [2.75, 3.05) is 66.1 Å². The summed E-state index contributed by atoms with van der Waals surface area (Å²) < 4.78 is 22.8. The fourth-order valence-corrected chi connectivity index (χ4v) is 6.06. The molecular formula is C30H45N3O4. The maximum Gasteiger partial charge on any atom is 0.207 e. The maximum absolute atomic E-state index is 5.75. The predicted octanol–water partition coefficient (Wildman–Crippen LogP) is 5.38. The number of aromatic nitrogens is 1. The number of rotatable bonds is 14. The molecule has 2 aliphatic rings. The van der Waals surface area contributed by atoms with Crippen LogP contribution < -0.4 is 23.8 Å². The van der Waals surface area contributed by atoms with Gasteiger partial charge in [0.05, 0.1) is 28.4 Å². The average Bonchev–Trinajstić information content (AvgIpc) is 3.37. The van der Waals surface area contributed by atoms with Gasteiger partial charge in [0.15, 0.2) is 11.5 Å². The number of anilines is 1. The Kier molecular flexibility index (Phi) is 10.2. The molecule has 0 N–H and O–H groups in total. The topological polar surface area (TPSA) is 56.3 Å². The minimum absolute atomic E-state index is 0.624. The number of piperazine rings is 1. The Morgan fingerprint density at radius 2 is 1.27 bits per heavy atom. The third kappa shape index (κ3) is 6.61. The summed E-state index contributed by atoms with van der Waals surface area (Å²) in [5.41, 5.74) is 2.45. The van der Waals surface area contributed by atoms with E-state index in [4.69, 9.17) is 18.9 Å². The summed E-state index contributed by atoms with van der Waals surface area (Å²) in [4.78, 5) is 9.51. The van der Waals surface area contributed by atoms with Crippen molar-refractivity contribution in [1.29, 1.82) is 0 Å². The zero-order chi connectivity index (χ0) is 26.0. The lowest BCUT2D eigenvalue weighted by atomic mass is 9.97. The first kappa shape index (κ1) is 27.4. The van der Waals surface area contributed by atoms with Crippen LogP contribution in [0.2, 0.25) is 0 Å². The zero-order valence-corrected chi connectivity index (χ0v) is 23.3. The molecule has 4 rings (SSSR count). The predicted molar refractivity (Wildman–Crippen MR) is 149 cm³/mol. The highest BCUT2D eigenvalue weighted by atomic mass is 16.5. The van der Waals surface area contributed by atoms with Gasteiger partial charge in [0, 0.05) is 43.5 Å². The highest BCUT2D eigenvalue weighted by molar-refractivity contribution is 5.68. The van der Waals surface area contributed by atoms with Crippen LogP contribution in [0.15, 0.2) is 24.4 Å². The van der Waals surface area contributed by atoms with E-state index in [1.165, 1.54) is 62.6 Å². The molecule has 1 fully saturated rings. The second kappa shape index (κ2) is 13.8. The molecule has 0 atom stereocenters. The van der Waals surface area contributed by atoms with Crippen LogP contribution >= 0.6 is 0 Å². The third-order valence-corrected chi connectivity index (χ3v) is 8.02. The van der Waals surface area contributed by atoms with Gasteiger partial charge in [0.25, 0.3) is 0 Å². The van der Waals surface area contributed by atoms with Gasteiger partial charge in [-0.15, -0.1) is 0 Å². The Labute approximate surface area is 223 Å². The van der Waals surface area contributed by atoms with Gasteiger partial charge in [-0.1, -0.05) is 38.2 Å². The van der Waals surface area contributed by atoms with E-state index < -0.39 is 0 Å². The third-order valence-electron chi connectivity index (χ3n) is 8.02. The Morgan fingerprint density at radius 3 is 1.81 bits per heavy atom. The number of fused-ring (bicyclic) bond motifs is 1. The zero-order valence-electron chi connectivity index (χ0n) is 23.3. The van der Waals surface area contributed by atoms with Gasteiger partial charge in [0.2, 0.25) is 11.5 Å². The van der Waals surface area contributed by atoms with Crippen molar-refractivity contribution in [3.05, 3.63) is 35.5 Å². The van der Waals surface area contributed by atoms with Crippen LogP contribution in [0.5, 0.6) is 23.0 Å². The van der Waals surface area contributed by atoms with Gasteiger partial charge >= 0.3 is 0 Å². The first-order valence-electron chi connectivity index (χ1n) is 14.0. The first-order chi connectivity index (χ1) is 18.2. The Balaban J connectivity index is 1.11. The normalized spacial score (nSPS) is 16.1. The molecule has 37 heavy (non-hydrogen) atoms. The van der Waals surface area contributed by atoms with Gasteiger partial charge in [-0.05, 0) is 50.3 Å². The second-order valence-corrected chi connectivity index (χ2v) is 10.3. The molecule has 0 amide bonds. The maximum atomic E-state index is 5.75. The van der Waals surface area contributed by atoms with E-state index >= 15 is 0 Å². The molecule has 1 aromatic carbocycles. The highest BCUT2D eigenvalue weighted by Gasteiger charge is 2.33. The van der Waals surface area contributed by atoms with E-state index in [0.717, 1.165) is 56.3 Å². The number of hydrogen-bond donors (Lipinski definition) is 0. The van der Waals surface area contributed by atoms with Crippen molar-refractivity contribution >= 4 is 5.82 Å². The molecule has 7 nitrogen and oxygen atoms in total. The van der Waals surface area contributed by atoms with Crippen molar-refractivity contribution in [2.24, 2.45) is 5.92 Å². The summed E-state index contributed by atoms with van der Waals surface area (Å²) in [6.07, 6.45) is 13.1. The van der Waals surface area contributed by atoms with Gasteiger partial charge in [0.1, 0.15) is 5.82 Å². The standard InChI is InChI=1S/C30H45N3O4/c1-34-27-24-21-23(22-25(24)28(35-2)30(37-4)29(27)36-3)13-9-7-5-6-8-12-16-32-17-19-33(20-18-32)26-14-10-11-15-31-26/h10-11,14-15,23H,5-9,12-13,16-22H2,1-4H3. The summed E-state index contributed by atoms with van der Waals surface area (Å²) in [6, 6.07) is 6.17. The van der Waals surface area contributed by atoms with Gasteiger partial charge in [-0.25, -0.2) is 4.98 Å². The summed E-state index contributed by atoms with van der Waals surface area (Å²) in [7, 11) is 6.73. The molecule has 204 valence electrons. The van der Waals surface area contributed by atoms with Crippen LogP contribution in [0.1, 0.15) is 56.1 Å². The largest absolute Gasteiger partial charge is 0.492 e. The SMILES string of the molecule is COc1c2c(c(OC)c(OC)c1OC)CC(CCCCCCCCN1CCN(c3ccccn3)CC1)C2. The van der Waals surface area contributed by atoms with Crippen LogP contribution in [0, 0.1) is 5.92 Å². The number of methoxy groups -OCH3 is 4. The minimum atomic E-state index is 0.624. The van der Waals surface area contributed by atoms with Crippen LogP contribution in [-0.4, -0.2) is 71.0 Å². The van der Waals surface area contributed by atoms with E-state index in [9.17, 15) is 0 Å². The Morgan fingerprint density at radius 1 is 0.703 bits per heavy atom. The fourth-order valence-electron chi connectivity index (χ4n) is 6.06. The molecule has 0 spiro atoms. The first-order valence-corrected chi connectivity index (χ1v) is 14.0. The summed E-state index contributed by atoms with van der Waals surface area (Å²) in [5.74, 6) is 4.61. The highest BCUT2D eigenvalue weighted by Crippen LogP contribution is 2.53. The smallest absolute Gasteiger partial charge is 0.207 e. The van der Waals surface area contributed by atoms with Crippen molar-refractivity contribution < 1.29 is 18.9 Å². The number of hydrogen-bond acceptors (Lipinski definition) is 7.